The maximum Gasteiger partial charge on any atom is 0.307 e. The first-order valence-corrected chi connectivity index (χ1v) is 11.3. The average Bonchev–Trinajstić information content (AvgIpc) is 3.62. The van der Waals surface area contributed by atoms with Crippen molar-refractivity contribution in [2.75, 3.05) is 13.9 Å². The van der Waals surface area contributed by atoms with Gasteiger partial charge >= 0.3 is 5.91 Å². The number of hydrogen-bond acceptors (Lipinski definition) is 7. The predicted molar refractivity (Wildman–Crippen MR) is 132 cm³/mol. The van der Waals surface area contributed by atoms with E-state index in [0.29, 0.717) is 34.3 Å². The molecule has 0 aliphatic carbocycles. The summed E-state index contributed by atoms with van der Waals surface area (Å²) in [5.41, 5.74) is 6.48. The van der Waals surface area contributed by atoms with Gasteiger partial charge in [0.15, 0.2) is 17.3 Å². The molecule has 1 N–H and O–H groups in total. The van der Waals surface area contributed by atoms with Crippen LogP contribution in [0, 0.1) is 13.8 Å². The summed E-state index contributed by atoms with van der Waals surface area (Å²) >= 11 is 0. The Bertz CT molecular complexity index is 1400. The van der Waals surface area contributed by atoms with Crippen molar-refractivity contribution in [2.45, 2.75) is 20.5 Å². The molecule has 0 radical (unpaired) electrons. The van der Waals surface area contributed by atoms with Gasteiger partial charge in [-0.15, -0.1) is 0 Å². The second-order valence-corrected chi connectivity index (χ2v) is 8.15. The van der Waals surface area contributed by atoms with Gasteiger partial charge in [0.1, 0.15) is 23.9 Å². The molecule has 9 heteroatoms. The number of furan rings is 1. The fourth-order valence-electron chi connectivity index (χ4n) is 3.93. The Kier molecular flexibility index (Phi) is 6.36. The summed E-state index contributed by atoms with van der Waals surface area (Å²) in [6.45, 7) is 4.48. The largest absolute Gasteiger partial charge is 0.496 e. The van der Waals surface area contributed by atoms with Crippen molar-refractivity contribution in [3.05, 3.63) is 89.1 Å². The predicted octanol–water partition coefficient (Wildman–Crippen LogP) is 4.77. The number of aryl methyl sites for hydroxylation is 2. The van der Waals surface area contributed by atoms with Crippen LogP contribution in [-0.4, -0.2) is 30.6 Å². The lowest BCUT2D eigenvalue weighted by Gasteiger charge is -2.10. The minimum atomic E-state index is -0.487. The molecule has 2 aromatic carbocycles. The Hall–Kier alpha value is -4.66. The molecule has 1 aliphatic rings. The summed E-state index contributed by atoms with van der Waals surface area (Å²) in [7, 11) is 1.54. The number of rotatable bonds is 8. The number of aromatic nitrogens is 1. The van der Waals surface area contributed by atoms with Gasteiger partial charge in [-0.1, -0.05) is 0 Å². The highest BCUT2D eigenvalue weighted by Gasteiger charge is 2.17. The van der Waals surface area contributed by atoms with E-state index in [1.54, 1.807) is 31.4 Å². The number of hydrazone groups is 1. The van der Waals surface area contributed by atoms with E-state index in [-0.39, 0.29) is 19.2 Å². The normalized spacial score (nSPS) is 12.2. The van der Waals surface area contributed by atoms with E-state index in [2.05, 4.69) is 41.1 Å². The summed E-state index contributed by atoms with van der Waals surface area (Å²) in [4.78, 5) is 12.4. The van der Waals surface area contributed by atoms with Gasteiger partial charge in [-0.3, -0.25) is 4.79 Å². The van der Waals surface area contributed by atoms with Crippen LogP contribution in [0.4, 0.5) is 0 Å². The third kappa shape index (κ3) is 4.76. The summed E-state index contributed by atoms with van der Waals surface area (Å²) in [6, 6.07) is 18.7. The number of nitrogens with zero attached hydrogens (tertiary/aromatic N) is 2. The molecule has 0 bridgehead atoms. The first-order valence-electron chi connectivity index (χ1n) is 11.3. The van der Waals surface area contributed by atoms with E-state index >= 15 is 0 Å². The van der Waals surface area contributed by atoms with Gasteiger partial charge in [0.25, 0.3) is 0 Å². The molecule has 9 nitrogen and oxygen atoms in total. The van der Waals surface area contributed by atoms with Crippen LogP contribution >= 0.6 is 0 Å². The Morgan fingerprint density at radius 1 is 1.03 bits per heavy atom. The Balaban J connectivity index is 1.17. The van der Waals surface area contributed by atoms with E-state index in [4.69, 9.17) is 23.4 Å². The number of amides is 1. The molecule has 0 saturated carbocycles. The molecule has 4 aromatic rings. The average molecular weight is 488 g/mol. The summed E-state index contributed by atoms with van der Waals surface area (Å²) in [5.74, 6) is 2.58. The van der Waals surface area contributed by atoms with Crippen molar-refractivity contribution in [1.82, 2.24) is 9.99 Å². The highest BCUT2D eigenvalue weighted by Crippen LogP contribution is 2.37. The van der Waals surface area contributed by atoms with Gasteiger partial charge in [-0.05, 0) is 68.4 Å². The molecule has 0 fully saturated rings. The molecule has 184 valence electrons. The van der Waals surface area contributed by atoms with Crippen LogP contribution in [0.1, 0.15) is 33.3 Å². The van der Waals surface area contributed by atoms with Gasteiger partial charge in [-0.2, -0.15) is 5.10 Å². The number of hydrogen-bond donors (Lipinski definition) is 1. The minimum Gasteiger partial charge on any atom is -0.496 e. The lowest BCUT2D eigenvalue weighted by atomic mass is 10.2. The van der Waals surface area contributed by atoms with Crippen molar-refractivity contribution in [3.8, 4) is 28.7 Å². The summed E-state index contributed by atoms with van der Waals surface area (Å²) < 4.78 is 29.7. The number of fused-ring (bicyclic) bond motifs is 1. The van der Waals surface area contributed by atoms with E-state index in [1.807, 2.05) is 24.3 Å². The fraction of sp³-hybridized carbons (Fsp3) is 0.185. The molecule has 3 heterocycles. The zero-order valence-corrected chi connectivity index (χ0v) is 20.1. The van der Waals surface area contributed by atoms with E-state index < -0.39 is 5.91 Å². The number of carbonyl (C=O) groups is 1. The monoisotopic (exact) mass is 487 g/mol. The topological polar surface area (TPSA) is 96.5 Å². The van der Waals surface area contributed by atoms with Gasteiger partial charge in [-0.25, -0.2) is 5.43 Å². The van der Waals surface area contributed by atoms with E-state index in [0.717, 1.165) is 5.69 Å². The summed E-state index contributed by atoms with van der Waals surface area (Å²) in [5, 5.41) is 4.00. The molecule has 1 amide bonds. The Morgan fingerprint density at radius 3 is 2.47 bits per heavy atom. The molecule has 0 saturated heterocycles. The highest BCUT2D eigenvalue weighted by atomic mass is 16.7. The van der Waals surface area contributed by atoms with Crippen molar-refractivity contribution < 1.29 is 28.2 Å². The maximum absolute atomic E-state index is 12.4. The fourth-order valence-corrected chi connectivity index (χ4v) is 3.93. The van der Waals surface area contributed by atoms with Crippen LogP contribution in [0.3, 0.4) is 0 Å². The second kappa shape index (κ2) is 9.91. The summed E-state index contributed by atoms with van der Waals surface area (Å²) in [6.07, 6.45) is 1.46. The van der Waals surface area contributed by atoms with Crippen molar-refractivity contribution in [1.29, 1.82) is 0 Å². The van der Waals surface area contributed by atoms with Crippen molar-refractivity contribution in [3.63, 3.8) is 0 Å². The molecule has 5 rings (SSSR count). The number of nitrogens with one attached hydrogen (secondary N) is 1. The molecule has 2 aromatic heterocycles. The molecule has 36 heavy (non-hydrogen) atoms. The van der Waals surface area contributed by atoms with Crippen LogP contribution in [0.2, 0.25) is 0 Å². The standard InChI is InChI=1S/C27H25N3O6/c1-17-4-5-18(2)30(17)20-6-8-21(9-7-20)33-15-22-10-11-23(36-22)27(31)29-28-14-19-12-25-26(35-16-34-25)13-24(19)32-3/h4-14H,15-16H2,1-3H3,(H,29,31)/b28-14+. The quantitative estimate of drug-likeness (QED) is 0.284. The second-order valence-electron chi connectivity index (χ2n) is 8.15. The molecule has 1 aliphatic heterocycles. The van der Waals surface area contributed by atoms with Gasteiger partial charge in [0.2, 0.25) is 6.79 Å². The van der Waals surface area contributed by atoms with Crippen LogP contribution in [0.25, 0.3) is 5.69 Å². The third-order valence-electron chi connectivity index (χ3n) is 5.73. The zero-order chi connectivity index (χ0) is 25.1. The van der Waals surface area contributed by atoms with Gasteiger partial charge in [0.05, 0.1) is 13.3 Å². The van der Waals surface area contributed by atoms with Crippen LogP contribution in [-0.2, 0) is 6.61 Å². The Morgan fingerprint density at radius 2 is 1.75 bits per heavy atom. The van der Waals surface area contributed by atoms with Gasteiger partial charge in [0, 0.05) is 28.7 Å². The zero-order valence-electron chi connectivity index (χ0n) is 20.1. The third-order valence-corrected chi connectivity index (χ3v) is 5.73. The Labute approximate surface area is 207 Å². The number of carbonyl (C=O) groups excluding carboxylic acids is 1. The van der Waals surface area contributed by atoms with E-state index in [1.165, 1.54) is 17.6 Å². The van der Waals surface area contributed by atoms with Crippen LogP contribution < -0.4 is 24.4 Å². The molecule has 0 unspecified atom stereocenters. The molecule has 0 spiro atoms. The molecular weight excluding hydrogens is 462 g/mol. The molecular formula is C27H25N3O6. The first kappa shape index (κ1) is 23.1. The van der Waals surface area contributed by atoms with Crippen molar-refractivity contribution in [2.24, 2.45) is 5.10 Å². The SMILES string of the molecule is COc1cc2c(cc1/C=N/NC(=O)c1ccc(COc3ccc(-n4c(C)ccc4C)cc3)o1)OCO2. The van der Waals surface area contributed by atoms with Crippen LogP contribution in [0.15, 0.2) is 70.2 Å². The van der Waals surface area contributed by atoms with Crippen LogP contribution in [0.5, 0.6) is 23.0 Å². The number of benzene rings is 2. The smallest absolute Gasteiger partial charge is 0.307 e. The first-order chi connectivity index (χ1) is 17.5. The lowest BCUT2D eigenvalue weighted by Crippen LogP contribution is -2.16. The van der Waals surface area contributed by atoms with Crippen molar-refractivity contribution >= 4 is 12.1 Å². The minimum absolute atomic E-state index is 0.123. The van der Waals surface area contributed by atoms with Gasteiger partial charge < -0.3 is 27.9 Å². The highest BCUT2D eigenvalue weighted by molar-refractivity contribution is 5.93. The lowest BCUT2D eigenvalue weighted by molar-refractivity contribution is 0.0923. The van der Waals surface area contributed by atoms with E-state index in [9.17, 15) is 4.79 Å². The molecule has 0 atom stereocenters. The number of ether oxygens (including phenoxy) is 4. The number of methoxy groups -OCH3 is 1. The maximum atomic E-state index is 12.4.